The molecule has 5 heteroatoms. The molecule has 0 saturated heterocycles. The van der Waals surface area contributed by atoms with Gasteiger partial charge in [-0.2, -0.15) is 0 Å². The van der Waals surface area contributed by atoms with E-state index in [1.807, 2.05) is 48.6 Å². The van der Waals surface area contributed by atoms with Crippen LogP contribution in [0.2, 0.25) is 0 Å². The first-order chi connectivity index (χ1) is 11.8. The van der Waals surface area contributed by atoms with Gasteiger partial charge < -0.3 is 9.97 Å². The predicted octanol–water partition coefficient (Wildman–Crippen LogP) is 3.47. The van der Waals surface area contributed by atoms with Crippen LogP contribution in [-0.2, 0) is 0 Å². The Morgan fingerprint density at radius 2 is 0.760 bits per heavy atom. The fourth-order valence-electron chi connectivity index (χ4n) is 2.94. The fraction of sp³-hybridized carbons (Fsp3) is 0. The molecular formula is C20H17AsN4. The van der Waals surface area contributed by atoms with Crippen molar-refractivity contribution in [2.24, 2.45) is 0 Å². The molecule has 0 spiro atoms. The molecule has 0 saturated carbocycles. The zero-order chi connectivity index (χ0) is 15.9. The third-order valence-corrected chi connectivity index (χ3v) is 4.04. The van der Waals surface area contributed by atoms with Gasteiger partial charge in [-0.25, -0.2) is 9.97 Å². The van der Waals surface area contributed by atoms with Gasteiger partial charge in [-0.05, 0) is 72.8 Å². The van der Waals surface area contributed by atoms with E-state index in [-0.39, 0.29) is 18.0 Å². The third kappa shape index (κ3) is 3.21. The first kappa shape index (κ1) is 15.7. The number of nitrogens with zero attached hydrogens (tertiary/aromatic N) is 2. The van der Waals surface area contributed by atoms with Gasteiger partial charge >= 0.3 is 18.0 Å². The van der Waals surface area contributed by atoms with Gasteiger partial charge in [0.25, 0.3) is 0 Å². The molecule has 2 aliphatic heterocycles. The quantitative estimate of drug-likeness (QED) is 0.399. The second kappa shape index (κ2) is 6.23. The molecule has 3 aromatic heterocycles. The molecule has 0 aliphatic carbocycles. The Kier molecular flexibility index (Phi) is 3.90. The maximum absolute atomic E-state index is 4.63. The standard InChI is InChI=1S/C20H14N4.AsH3/c1-2-14-10-16-5-6-18(23-16)12-20-8-7-19(24-20)11-17-4-3-15(22-17)9-13(1)21-14;/h1-12,21,24H;1H3. The van der Waals surface area contributed by atoms with Gasteiger partial charge in [-0.3, -0.25) is 0 Å². The van der Waals surface area contributed by atoms with Gasteiger partial charge in [-0.1, -0.05) is 0 Å². The number of nitrogens with one attached hydrogen (secondary N) is 2. The molecule has 0 aromatic carbocycles. The summed E-state index contributed by atoms with van der Waals surface area (Å²) in [7, 11) is 0. The molecule has 0 fully saturated rings. The zero-order valence-electron chi connectivity index (χ0n) is 13.5. The molecule has 5 heterocycles. The average Bonchev–Trinajstić information content (AvgIpc) is 3.32. The van der Waals surface area contributed by atoms with E-state index in [0.717, 1.165) is 44.8 Å². The van der Waals surface area contributed by atoms with E-state index in [9.17, 15) is 0 Å². The van der Waals surface area contributed by atoms with Crippen LogP contribution in [-0.4, -0.2) is 37.9 Å². The minimum atomic E-state index is 0. The summed E-state index contributed by atoms with van der Waals surface area (Å²) in [6.07, 6.45) is 8.09. The fourth-order valence-corrected chi connectivity index (χ4v) is 2.94. The molecule has 0 amide bonds. The molecule has 122 valence electrons. The summed E-state index contributed by atoms with van der Waals surface area (Å²) >= 11 is 0. The van der Waals surface area contributed by atoms with Gasteiger partial charge in [0.05, 0.1) is 22.8 Å². The van der Waals surface area contributed by atoms with Crippen LogP contribution in [0, 0.1) is 0 Å². The van der Waals surface area contributed by atoms with Gasteiger partial charge in [0.15, 0.2) is 0 Å². The van der Waals surface area contributed by atoms with Gasteiger partial charge in [-0.15, -0.1) is 0 Å². The SMILES string of the molecule is C1=Cc2cc3ccc(cc4nc(cc5ccc(cc1n2)[nH]5)C=C4)[nH]3.[AsH3]. The number of hydrogen-bond acceptors (Lipinski definition) is 2. The van der Waals surface area contributed by atoms with E-state index in [4.69, 9.17) is 0 Å². The van der Waals surface area contributed by atoms with E-state index in [2.05, 4.69) is 44.2 Å². The first-order valence-corrected chi connectivity index (χ1v) is 7.85. The minimum absolute atomic E-state index is 0. The van der Waals surface area contributed by atoms with E-state index in [0.29, 0.717) is 0 Å². The Morgan fingerprint density at radius 3 is 1.04 bits per heavy atom. The molecule has 8 bridgehead atoms. The van der Waals surface area contributed by atoms with Crippen molar-refractivity contribution in [3.05, 3.63) is 71.3 Å². The molecule has 4 nitrogen and oxygen atoms in total. The van der Waals surface area contributed by atoms with Crippen LogP contribution >= 0.6 is 0 Å². The monoisotopic (exact) mass is 388 g/mol. The summed E-state index contributed by atoms with van der Waals surface area (Å²) in [5.74, 6) is 0. The summed E-state index contributed by atoms with van der Waals surface area (Å²) in [5, 5.41) is 0. The van der Waals surface area contributed by atoms with Crippen molar-refractivity contribution in [2.75, 3.05) is 0 Å². The third-order valence-electron chi connectivity index (χ3n) is 4.04. The summed E-state index contributed by atoms with van der Waals surface area (Å²) < 4.78 is 0. The Labute approximate surface area is 155 Å². The molecule has 1 unspecified atom stereocenters. The van der Waals surface area contributed by atoms with Crippen LogP contribution in [0.3, 0.4) is 0 Å². The number of aromatic amines is 2. The average molecular weight is 388 g/mol. The van der Waals surface area contributed by atoms with Crippen LogP contribution in [0.1, 0.15) is 22.8 Å². The molecular weight excluding hydrogens is 371 g/mol. The maximum atomic E-state index is 4.63. The number of aromatic nitrogens is 4. The molecule has 25 heavy (non-hydrogen) atoms. The first-order valence-electron chi connectivity index (χ1n) is 7.85. The van der Waals surface area contributed by atoms with Crippen molar-refractivity contribution in [3.63, 3.8) is 0 Å². The Balaban J connectivity index is 0.00000157. The summed E-state index contributed by atoms with van der Waals surface area (Å²) in [5.41, 5.74) is 7.86. The Hall–Kier alpha value is -2.84. The summed E-state index contributed by atoms with van der Waals surface area (Å²) in [4.78, 5) is 16.0. The van der Waals surface area contributed by atoms with E-state index >= 15 is 0 Å². The predicted molar refractivity (Wildman–Crippen MR) is 109 cm³/mol. The Bertz CT molecular complexity index is 990. The summed E-state index contributed by atoms with van der Waals surface area (Å²) in [6.45, 7) is 0. The second-order valence-corrected chi connectivity index (χ2v) is 5.91. The molecule has 0 radical (unpaired) electrons. The number of rotatable bonds is 0. The van der Waals surface area contributed by atoms with Gasteiger partial charge in [0.2, 0.25) is 0 Å². The van der Waals surface area contributed by atoms with E-state index in [1.165, 1.54) is 0 Å². The second-order valence-electron chi connectivity index (χ2n) is 5.91. The van der Waals surface area contributed by atoms with Crippen molar-refractivity contribution >= 4 is 64.3 Å². The van der Waals surface area contributed by atoms with Crippen LogP contribution in [0.25, 0.3) is 46.4 Å². The molecule has 1 atom stereocenters. The zero-order valence-corrected chi connectivity index (χ0v) is 16.5. The topological polar surface area (TPSA) is 57.4 Å². The van der Waals surface area contributed by atoms with Crippen molar-refractivity contribution in [2.45, 2.75) is 0 Å². The van der Waals surface area contributed by atoms with Gasteiger partial charge in [0.1, 0.15) is 0 Å². The van der Waals surface area contributed by atoms with Crippen molar-refractivity contribution in [1.29, 1.82) is 0 Å². The molecule has 2 aliphatic rings. The van der Waals surface area contributed by atoms with Crippen molar-refractivity contribution in [1.82, 2.24) is 19.9 Å². The van der Waals surface area contributed by atoms with E-state index < -0.39 is 0 Å². The number of hydrogen-bond donors (Lipinski definition) is 2. The van der Waals surface area contributed by atoms with Crippen LogP contribution in [0.5, 0.6) is 0 Å². The molecule has 2 N–H and O–H groups in total. The molecule has 3 aromatic rings. The van der Waals surface area contributed by atoms with Crippen LogP contribution < -0.4 is 0 Å². The van der Waals surface area contributed by atoms with Crippen molar-refractivity contribution < 1.29 is 0 Å². The van der Waals surface area contributed by atoms with Crippen molar-refractivity contribution in [3.8, 4) is 0 Å². The number of H-pyrrole nitrogens is 2. The Morgan fingerprint density at radius 1 is 0.480 bits per heavy atom. The van der Waals surface area contributed by atoms with E-state index in [1.54, 1.807) is 0 Å². The van der Waals surface area contributed by atoms with Gasteiger partial charge in [0, 0.05) is 22.1 Å². The normalized spacial score (nSPS) is 12.2. The van der Waals surface area contributed by atoms with Crippen LogP contribution in [0.4, 0.5) is 0 Å². The number of fused-ring (bicyclic) bond motifs is 8. The summed E-state index contributed by atoms with van der Waals surface area (Å²) in [6, 6.07) is 16.4. The van der Waals surface area contributed by atoms with Crippen LogP contribution in [0.15, 0.2) is 48.5 Å². The molecule has 5 rings (SSSR count).